The molecule has 5 rings (SSSR count). The summed E-state index contributed by atoms with van der Waals surface area (Å²) in [6.45, 7) is 3.81. The summed E-state index contributed by atoms with van der Waals surface area (Å²) < 4.78 is 0. The SMILES string of the molecule is C=CCC[C@@H]1C(=O)C=C2C[C@@H]3C=C[C@@]21c1ccccc13. The molecule has 1 heteroatoms. The van der Waals surface area contributed by atoms with Gasteiger partial charge < -0.3 is 0 Å². The van der Waals surface area contributed by atoms with E-state index in [1.807, 2.05) is 12.2 Å². The van der Waals surface area contributed by atoms with Crippen molar-refractivity contribution in [2.75, 3.05) is 0 Å². The van der Waals surface area contributed by atoms with Crippen LogP contribution in [0.2, 0.25) is 0 Å². The molecule has 0 saturated heterocycles. The van der Waals surface area contributed by atoms with Gasteiger partial charge in [-0.05, 0) is 36.5 Å². The van der Waals surface area contributed by atoms with Gasteiger partial charge in [-0.1, -0.05) is 48.1 Å². The average Bonchev–Trinajstić information content (AvgIpc) is 2.77. The maximum atomic E-state index is 12.5. The molecule has 1 aromatic rings. The van der Waals surface area contributed by atoms with E-state index in [1.165, 1.54) is 16.7 Å². The fourth-order valence-corrected chi connectivity index (χ4v) is 4.38. The van der Waals surface area contributed by atoms with E-state index in [1.54, 1.807) is 0 Å². The molecule has 0 radical (unpaired) electrons. The Labute approximate surface area is 119 Å². The van der Waals surface area contributed by atoms with Crippen molar-refractivity contribution in [3.05, 3.63) is 71.8 Å². The minimum absolute atomic E-state index is 0.0640. The maximum Gasteiger partial charge on any atom is 0.160 e. The van der Waals surface area contributed by atoms with Gasteiger partial charge in [-0.3, -0.25) is 4.79 Å². The normalized spacial score (nSPS) is 32.8. The Balaban J connectivity index is 1.91. The molecule has 0 aromatic heterocycles. The van der Waals surface area contributed by atoms with Crippen molar-refractivity contribution in [1.82, 2.24) is 0 Å². The van der Waals surface area contributed by atoms with E-state index in [-0.39, 0.29) is 11.3 Å². The maximum absolute atomic E-state index is 12.5. The highest BCUT2D eigenvalue weighted by Crippen LogP contribution is 2.59. The smallest absolute Gasteiger partial charge is 0.160 e. The first-order valence-electron chi connectivity index (χ1n) is 7.42. The fourth-order valence-electron chi connectivity index (χ4n) is 4.38. The number of benzene rings is 1. The lowest BCUT2D eigenvalue weighted by Crippen LogP contribution is -2.41. The Kier molecular flexibility index (Phi) is 2.41. The van der Waals surface area contributed by atoms with Crippen LogP contribution < -0.4 is 0 Å². The molecule has 2 bridgehead atoms. The second kappa shape index (κ2) is 4.05. The summed E-state index contributed by atoms with van der Waals surface area (Å²) >= 11 is 0. The molecule has 0 unspecified atom stereocenters. The lowest BCUT2D eigenvalue weighted by atomic mass is 9.56. The third kappa shape index (κ3) is 1.30. The van der Waals surface area contributed by atoms with Gasteiger partial charge in [-0.25, -0.2) is 0 Å². The van der Waals surface area contributed by atoms with Gasteiger partial charge >= 0.3 is 0 Å². The van der Waals surface area contributed by atoms with E-state index in [0.717, 1.165) is 19.3 Å². The minimum atomic E-state index is -0.147. The van der Waals surface area contributed by atoms with E-state index in [4.69, 9.17) is 0 Å². The zero-order valence-corrected chi connectivity index (χ0v) is 11.5. The molecule has 0 saturated carbocycles. The predicted octanol–water partition coefficient (Wildman–Crippen LogP) is 4.07. The Morgan fingerprint density at radius 3 is 3.05 bits per heavy atom. The Morgan fingerprint density at radius 2 is 2.20 bits per heavy atom. The molecule has 0 amide bonds. The molecule has 3 atom stereocenters. The number of ketones is 1. The topological polar surface area (TPSA) is 17.1 Å². The highest BCUT2D eigenvalue weighted by molar-refractivity contribution is 5.99. The summed E-state index contributed by atoms with van der Waals surface area (Å²) in [5.41, 5.74) is 3.98. The summed E-state index contributed by atoms with van der Waals surface area (Å²) in [7, 11) is 0. The van der Waals surface area contributed by atoms with Crippen LogP contribution in [0.1, 0.15) is 36.3 Å². The molecular weight excluding hydrogens is 244 g/mol. The first kappa shape index (κ1) is 11.9. The zero-order valence-electron chi connectivity index (χ0n) is 11.5. The lowest BCUT2D eigenvalue weighted by molar-refractivity contribution is -0.118. The quantitative estimate of drug-likeness (QED) is 0.750. The molecule has 4 aliphatic carbocycles. The third-order valence-electron chi connectivity index (χ3n) is 5.24. The summed E-state index contributed by atoms with van der Waals surface area (Å²) in [5.74, 6) is 0.836. The summed E-state index contributed by atoms with van der Waals surface area (Å²) in [4.78, 5) is 12.5. The van der Waals surface area contributed by atoms with E-state index in [2.05, 4.69) is 43.0 Å². The predicted molar refractivity (Wildman–Crippen MR) is 80.6 cm³/mol. The molecule has 0 heterocycles. The molecule has 0 N–H and O–H groups in total. The van der Waals surface area contributed by atoms with Crippen molar-refractivity contribution in [2.45, 2.75) is 30.6 Å². The van der Waals surface area contributed by atoms with Crippen molar-refractivity contribution in [3.63, 3.8) is 0 Å². The van der Waals surface area contributed by atoms with E-state index >= 15 is 0 Å². The summed E-state index contributed by atoms with van der Waals surface area (Å²) in [6.07, 6.45) is 11.3. The van der Waals surface area contributed by atoms with Crippen LogP contribution in [0, 0.1) is 5.92 Å². The number of hydrogen-bond donors (Lipinski definition) is 0. The number of rotatable bonds is 3. The van der Waals surface area contributed by atoms with Crippen molar-refractivity contribution in [3.8, 4) is 0 Å². The van der Waals surface area contributed by atoms with E-state index in [9.17, 15) is 4.79 Å². The van der Waals surface area contributed by atoms with Gasteiger partial charge in [0.25, 0.3) is 0 Å². The van der Waals surface area contributed by atoms with Gasteiger partial charge in [0.1, 0.15) is 0 Å². The molecule has 0 fully saturated rings. The van der Waals surface area contributed by atoms with Crippen LogP contribution in [0.3, 0.4) is 0 Å². The van der Waals surface area contributed by atoms with Crippen LogP contribution >= 0.6 is 0 Å². The van der Waals surface area contributed by atoms with Gasteiger partial charge in [-0.2, -0.15) is 0 Å². The summed E-state index contributed by atoms with van der Waals surface area (Å²) in [6, 6.07) is 8.67. The van der Waals surface area contributed by atoms with Crippen LogP contribution in [0.5, 0.6) is 0 Å². The van der Waals surface area contributed by atoms with Gasteiger partial charge in [-0.15, -0.1) is 6.58 Å². The van der Waals surface area contributed by atoms with E-state index < -0.39 is 0 Å². The van der Waals surface area contributed by atoms with Crippen molar-refractivity contribution < 1.29 is 4.79 Å². The highest BCUT2D eigenvalue weighted by Gasteiger charge is 2.54. The number of carbonyl (C=O) groups excluding carboxylic acids is 1. The van der Waals surface area contributed by atoms with Crippen LogP contribution in [0.4, 0.5) is 0 Å². The van der Waals surface area contributed by atoms with E-state index in [0.29, 0.717) is 11.7 Å². The van der Waals surface area contributed by atoms with Crippen molar-refractivity contribution >= 4 is 5.78 Å². The van der Waals surface area contributed by atoms with Crippen LogP contribution in [0.25, 0.3) is 0 Å². The van der Waals surface area contributed by atoms with Crippen LogP contribution in [-0.4, -0.2) is 5.78 Å². The zero-order chi connectivity index (χ0) is 13.7. The molecule has 100 valence electrons. The largest absolute Gasteiger partial charge is 0.294 e. The Morgan fingerprint density at radius 1 is 1.35 bits per heavy atom. The molecule has 0 aliphatic heterocycles. The molecular formula is C19H18O. The first-order valence-corrected chi connectivity index (χ1v) is 7.42. The fraction of sp³-hybridized carbons (Fsp3) is 0.316. The number of hydrogen-bond acceptors (Lipinski definition) is 1. The summed E-state index contributed by atoms with van der Waals surface area (Å²) in [5, 5.41) is 0. The standard InChI is InChI=1S/C19H18O/c1-2-3-7-17-18(20)12-14-11-13-9-10-19(14,17)16-8-5-4-6-15(13)16/h2,4-6,8-10,12-13,17H,1,3,7,11H2/t13-,17+,19-/m0/s1. The Hall–Kier alpha value is -1.89. The van der Waals surface area contributed by atoms with Crippen molar-refractivity contribution in [1.29, 1.82) is 0 Å². The monoisotopic (exact) mass is 262 g/mol. The van der Waals surface area contributed by atoms with Crippen LogP contribution in [0.15, 0.2) is 60.7 Å². The number of carbonyl (C=O) groups is 1. The molecule has 20 heavy (non-hydrogen) atoms. The second-order valence-corrected chi connectivity index (χ2v) is 6.12. The van der Waals surface area contributed by atoms with Crippen molar-refractivity contribution in [2.24, 2.45) is 5.92 Å². The molecule has 1 spiro atoms. The molecule has 1 nitrogen and oxygen atoms in total. The average molecular weight is 262 g/mol. The van der Waals surface area contributed by atoms with Gasteiger partial charge in [0, 0.05) is 17.3 Å². The third-order valence-corrected chi connectivity index (χ3v) is 5.24. The Bertz CT molecular complexity index is 664. The molecule has 4 aliphatic rings. The van der Waals surface area contributed by atoms with Gasteiger partial charge in [0.15, 0.2) is 5.78 Å². The van der Waals surface area contributed by atoms with Crippen LogP contribution in [-0.2, 0) is 10.2 Å². The lowest BCUT2D eigenvalue weighted by Gasteiger charge is -2.46. The van der Waals surface area contributed by atoms with Gasteiger partial charge in [0.05, 0.1) is 0 Å². The molecule has 1 aromatic carbocycles. The second-order valence-electron chi connectivity index (χ2n) is 6.12. The minimum Gasteiger partial charge on any atom is -0.294 e. The number of allylic oxidation sites excluding steroid dienone is 5. The highest BCUT2D eigenvalue weighted by atomic mass is 16.1. The van der Waals surface area contributed by atoms with Gasteiger partial charge in [0.2, 0.25) is 0 Å². The first-order chi connectivity index (χ1) is 9.77.